The summed E-state index contributed by atoms with van der Waals surface area (Å²) in [6.07, 6.45) is -1.11. The van der Waals surface area contributed by atoms with E-state index in [1.807, 2.05) is 0 Å². The van der Waals surface area contributed by atoms with E-state index < -0.39 is 11.1 Å². The monoisotopic (exact) mass is 286 g/mol. The highest BCUT2D eigenvalue weighted by Gasteiger charge is 2.71. The average Bonchev–Trinajstić information content (AvgIpc) is 3.18. The lowest BCUT2D eigenvalue weighted by Crippen LogP contribution is -2.69. The molecule has 5 saturated heterocycles. The number of hydrogen-bond donors (Lipinski definition) is 2. The standard InChI is InChI=1S/C12H18N2O6/c15-1-11-3-17-7-9-14-10(8(13(7)11)18-4-11)20-6-12(14,2-16)5-19-9/h7-10,15-16H,1-6H2. The van der Waals surface area contributed by atoms with Crippen LogP contribution in [0.1, 0.15) is 0 Å². The molecular weight excluding hydrogens is 268 g/mol. The molecule has 5 aliphatic heterocycles. The maximum Gasteiger partial charge on any atom is 0.153 e. The van der Waals surface area contributed by atoms with Crippen molar-refractivity contribution >= 4 is 0 Å². The smallest absolute Gasteiger partial charge is 0.153 e. The maximum atomic E-state index is 9.75. The van der Waals surface area contributed by atoms with Crippen molar-refractivity contribution in [1.82, 2.24) is 9.80 Å². The first kappa shape index (κ1) is 12.2. The fraction of sp³-hybridized carbons (Fsp3) is 1.00. The number of aliphatic hydroxyl groups excluding tert-OH is 2. The van der Waals surface area contributed by atoms with Crippen LogP contribution in [0.4, 0.5) is 0 Å². The van der Waals surface area contributed by atoms with Gasteiger partial charge < -0.3 is 29.2 Å². The Balaban J connectivity index is 1.59. The second-order valence-electron chi connectivity index (χ2n) is 6.39. The molecule has 5 rings (SSSR count). The topological polar surface area (TPSA) is 83.9 Å². The van der Waals surface area contributed by atoms with Gasteiger partial charge in [0, 0.05) is 0 Å². The minimum absolute atomic E-state index is 0.00934. The summed E-state index contributed by atoms with van der Waals surface area (Å²) in [5.74, 6) is 0. The summed E-state index contributed by atoms with van der Waals surface area (Å²) < 4.78 is 23.6. The summed E-state index contributed by atoms with van der Waals surface area (Å²) in [6, 6.07) is 0. The molecule has 4 atom stereocenters. The van der Waals surface area contributed by atoms with Gasteiger partial charge in [0.1, 0.15) is 0 Å². The van der Waals surface area contributed by atoms with Crippen LogP contribution in [0.25, 0.3) is 0 Å². The van der Waals surface area contributed by atoms with E-state index >= 15 is 0 Å². The van der Waals surface area contributed by atoms with Crippen LogP contribution in [0.3, 0.4) is 0 Å². The van der Waals surface area contributed by atoms with Gasteiger partial charge in [0.05, 0.1) is 50.7 Å². The van der Waals surface area contributed by atoms with Gasteiger partial charge in [-0.1, -0.05) is 0 Å². The van der Waals surface area contributed by atoms with Crippen molar-refractivity contribution < 1.29 is 29.2 Å². The van der Waals surface area contributed by atoms with Crippen molar-refractivity contribution in [2.75, 3.05) is 39.6 Å². The third-order valence-corrected chi connectivity index (χ3v) is 5.36. The molecule has 112 valence electrons. The van der Waals surface area contributed by atoms with E-state index in [1.54, 1.807) is 0 Å². The van der Waals surface area contributed by atoms with Crippen molar-refractivity contribution in [3.8, 4) is 0 Å². The van der Waals surface area contributed by atoms with Gasteiger partial charge in [-0.3, -0.25) is 0 Å². The van der Waals surface area contributed by atoms with E-state index in [0.717, 1.165) is 0 Å². The largest absolute Gasteiger partial charge is 0.394 e. The Morgan fingerprint density at radius 2 is 1.00 bits per heavy atom. The minimum Gasteiger partial charge on any atom is -0.394 e. The molecule has 0 spiro atoms. The van der Waals surface area contributed by atoms with Gasteiger partial charge in [-0.05, 0) is 0 Å². The van der Waals surface area contributed by atoms with Crippen molar-refractivity contribution in [2.45, 2.75) is 36.0 Å². The quantitative estimate of drug-likeness (QED) is 0.576. The molecule has 0 amide bonds. The summed E-state index contributed by atoms with van der Waals surface area (Å²) in [5, 5.41) is 19.5. The molecule has 8 nitrogen and oxygen atoms in total. The van der Waals surface area contributed by atoms with Crippen LogP contribution in [-0.2, 0) is 18.9 Å². The molecule has 20 heavy (non-hydrogen) atoms. The molecule has 5 fully saturated rings. The summed E-state index contributed by atoms with van der Waals surface area (Å²) in [7, 11) is 0. The Morgan fingerprint density at radius 3 is 1.25 bits per heavy atom. The highest BCUT2D eigenvalue weighted by molar-refractivity contribution is 5.14. The molecule has 8 heteroatoms. The van der Waals surface area contributed by atoms with Crippen molar-refractivity contribution in [3.05, 3.63) is 0 Å². The highest BCUT2D eigenvalue weighted by atomic mass is 16.6. The van der Waals surface area contributed by atoms with Crippen LogP contribution in [0.5, 0.6) is 0 Å². The summed E-state index contributed by atoms with van der Waals surface area (Å²) in [5.41, 5.74) is -0.970. The third kappa shape index (κ3) is 1.14. The van der Waals surface area contributed by atoms with E-state index in [1.165, 1.54) is 0 Å². The van der Waals surface area contributed by atoms with Crippen molar-refractivity contribution in [2.24, 2.45) is 0 Å². The third-order valence-electron chi connectivity index (χ3n) is 5.36. The maximum absolute atomic E-state index is 9.75. The highest BCUT2D eigenvalue weighted by Crippen LogP contribution is 2.51. The number of rotatable bonds is 2. The Morgan fingerprint density at radius 1 is 0.700 bits per heavy atom. The number of hydrogen-bond acceptors (Lipinski definition) is 8. The van der Waals surface area contributed by atoms with E-state index in [9.17, 15) is 10.2 Å². The summed E-state index contributed by atoms with van der Waals surface area (Å²) in [4.78, 5) is 4.13. The molecule has 0 bridgehead atoms. The molecular formula is C12H18N2O6. The molecule has 0 aromatic carbocycles. The number of ether oxygens (including phenoxy) is 4. The summed E-state index contributed by atoms with van der Waals surface area (Å²) in [6.45, 7) is 1.69. The lowest BCUT2D eigenvalue weighted by molar-refractivity contribution is -0.254. The normalized spacial score (nSPS) is 57.3. The van der Waals surface area contributed by atoms with Crippen LogP contribution in [-0.4, -0.2) is 95.6 Å². The predicted molar refractivity (Wildman–Crippen MR) is 62.3 cm³/mol. The van der Waals surface area contributed by atoms with Crippen LogP contribution < -0.4 is 0 Å². The lowest BCUT2D eigenvalue weighted by atomic mass is 9.99. The van der Waals surface area contributed by atoms with E-state index in [4.69, 9.17) is 18.9 Å². The number of aliphatic hydroxyl groups is 2. The fourth-order valence-electron chi connectivity index (χ4n) is 4.26. The Bertz CT molecular complexity index is 380. The summed E-state index contributed by atoms with van der Waals surface area (Å²) >= 11 is 0. The first-order valence-corrected chi connectivity index (χ1v) is 7.00. The van der Waals surface area contributed by atoms with Gasteiger partial charge in [0.15, 0.2) is 24.9 Å². The number of fused-ring (bicyclic) bond motifs is 2. The van der Waals surface area contributed by atoms with Crippen LogP contribution >= 0.6 is 0 Å². The average molecular weight is 286 g/mol. The van der Waals surface area contributed by atoms with E-state index in [2.05, 4.69) is 9.80 Å². The van der Waals surface area contributed by atoms with E-state index in [-0.39, 0.29) is 38.1 Å². The molecule has 2 N–H and O–H groups in total. The van der Waals surface area contributed by atoms with Gasteiger partial charge in [-0.25, -0.2) is 9.80 Å². The van der Waals surface area contributed by atoms with Gasteiger partial charge in [-0.2, -0.15) is 0 Å². The first-order chi connectivity index (χ1) is 9.75. The zero-order valence-electron chi connectivity index (χ0n) is 11.0. The fourth-order valence-corrected chi connectivity index (χ4v) is 4.26. The molecule has 4 unspecified atom stereocenters. The van der Waals surface area contributed by atoms with Gasteiger partial charge in [0.25, 0.3) is 0 Å². The van der Waals surface area contributed by atoms with Gasteiger partial charge in [0.2, 0.25) is 0 Å². The zero-order chi connectivity index (χ0) is 13.5. The van der Waals surface area contributed by atoms with Crippen LogP contribution in [0.15, 0.2) is 0 Å². The number of piperazine rings is 1. The van der Waals surface area contributed by atoms with Crippen molar-refractivity contribution in [1.29, 1.82) is 0 Å². The van der Waals surface area contributed by atoms with Gasteiger partial charge in [-0.15, -0.1) is 0 Å². The molecule has 0 aliphatic carbocycles. The Labute approximate surface area is 115 Å². The molecule has 5 heterocycles. The Kier molecular flexibility index (Phi) is 2.27. The first-order valence-electron chi connectivity index (χ1n) is 7.00. The van der Waals surface area contributed by atoms with Crippen molar-refractivity contribution in [3.63, 3.8) is 0 Å². The lowest BCUT2D eigenvalue weighted by Gasteiger charge is -2.47. The molecule has 0 aromatic rings. The Hall–Kier alpha value is -0.320. The predicted octanol–water partition coefficient (Wildman–Crippen LogP) is -2.51. The SMILES string of the molecule is OCC12COC3C4OCC5(CO)COC(C(OC1)N32)N45. The van der Waals surface area contributed by atoms with Crippen LogP contribution in [0, 0.1) is 0 Å². The van der Waals surface area contributed by atoms with E-state index in [0.29, 0.717) is 26.4 Å². The molecule has 0 radical (unpaired) electrons. The van der Waals surface area contributed by atoms with Gasteiger partial charge >= 0.3 is 0 Å². The molecule has 5 aliphatic rings. The van der Waals surface area contributed by atoms with Crippen LogP contribution in [0.2, 0.25) is 0 Å². The molecule has 0 aromatic heterocycles. The number of nitrogens with zero attached hydrogens (tertiary/aromatic N) is 2. The zero-order valence-corrected chi connectivity index (χ0v) is 11.0. The second-order valence-corrected chi connectivity index (χ2v) is 6.39. The second kappa shape index (κ2) is 3.71. The minimum atomic E-state index is -0.485. The molecule has 0 saturated carbocycles.